The first-order valence-electron chi connectivity index (χ1n) is 4.41. The van der Waals surface area contributed by atoms with E-state index >= 15 is 0 Å². The van der Waals surface area contributed by atoms with Gasteiger partial charge < -0.3 is 0 Å². The standard InChI is InChI=1S/C10H6Cl2N4/c11-7-2-1-3-8(12)10(7)9(4-13)16-6-14-5-15-16/h1-3,5-6,9H/t9-/m0/s1. The van der Waals surface area contributed by atoms with Crippen LogP contribution in [0.2, 0.25) is 10.0 Å². The zero-order valence-electron chi connectivity index (χ0n) is 8.01. The van der Waals surface area contributed by atoms with Crippen molar-refractivity contribution in [1.29, 1.82) is 5.26 Å². The van der Waals surface area contributed by atoms with Crippen LogP contribution < -0.4 is 0 Å². The number of halogens is 2. The molecule has 2 rings (SSSR count). The van der Waals surface area contributed by atoms with Gasteiger partial charge in [-0.1, -0.05) is 29.3 Å². The van der Waals surface area contributed by atoms with Gasteiger partial charge in [-0.2, -0.15) is 10.4 Å². The Morgan fingerprint density at radius 2 is 2.00 bits per heavy atom. The molecule has 0 aliphatic carbocycles. The van der Waals surface area contributed by atoms with Gasteiger partial charge in [-0.25, -0.2) is 9.67 Å². The molecule has 0 unspecified atom stereocenters. The van der Waals surface area contributed by atoms with Gasteiger partial charge in [0.25, 0.3) is 0 Å². The fourth-order valence-electron chi connectivity index (χ4n) is 1.38. The molecule has 0 aliphatic heterocycles. The zero-order valence-corrected chi connectivity index (χ0v) is 9.52. The van der Waals surface area contributed by atoms with E-state index in [-0.39, 0.29) is 0 Å². The van der Waals surface area contributed by atoms with Crippen molar-refractivity contribution in [2.75, 3.05) is 0 Å². The highest BCUT2D eigenvalue weighted by Gasteiger charge is 2.19. The number of nitriles is 1. The Morgan fingerprint density at radius 1 is 1.31 bits per heavy atom. The molecule has 16 heavy (non-hydrogen) atoms. The summed E-state index contributed by atoms with van der Waals surface area (Å²) >= 11 is 12.0. The molecule has 0 saturated heterocycles. The van der Waals surface area contributed by atoms with E-state index in [1.807, 2.05) is 0 Å². The second kappa shape index (κ2) is 4.52. The smallest absolute Gasteiger partial charge is 0.168 e. The Labute approximate surface area is 102 Å². The van der Waals surface area contributed by atoms with E-state index in [0.717, 1.165) is 0 Å². The summed E-state index contributed by atoms with van der Waals surface area (Å²) in [5.74, 6) is 0. The molecule has 6 heteroatoms. The highest BCUT2D eigenvalue weighted by atomic mass is 35.5. The maximum Gasteiger partial charge on any atom is 0.168 e. The van der Waals surface area contributed by atoms with E-state index in [2.05, 4.69) is 16.2 Å². The molecule has 1 heterocycles. The predicted molar refractivity (Wildman–Crippen MR) is 60.2 cm³/mol. The number of nitrogens with zero attached hydrogens (tertiary/aromatic N) is 4. The molecule has 0 bridgehead atoms. The highest BCUT2D eigenvalue weighted by molar-refractivity contribution is 6.36. The van der Waals surface area contributed by atoms with Crippen molar-refractivity contribution in [3.63, 3.8) is 0 Å². The summed E-state index contributed by atoms with van der Waals surface area (Å²) in [5.41, 5.74) is 0.541. The summed E-state index contributed by atoms with van der Waals surface area (Å²) in [6.07, 6.45) is 2.81. The largest absolute Gasteiger partial charge is 0.231 e. The highest BCUT2D eigenvalue weighted by Crippen LogP contribution is 2.31. The van der Waals surface area contributed by atoms with E-state index < -0.39 is 6.04 Å². The zero-order chi connectivity index (χ0) is 11.5. The van der Waals surface area contributed by atoms with Gasteiger partial charge in [0, 0.05) is 15.6 Å². The molecule has 1 aromatic carbocycles. The number of aromatic nitrogens is 3. The van der Waals surface area contributed by atoms with E-state index in [4.69, 9.17) is 28.5 Å². The number of hydrogen-bond donors (Lipinski definition) is 0. The first kappa shape index (κ1) is 10.9. The molecule has 2 aromatic rings. The van der Waals surface area contributed by atoms with Crippen molar-refractivity contribution in [2.24, 2.45) is 0 Å². The van der Waals surface area contributed by atoms with Crippen molar-refractivity contribution < 1.29 is 0 Å². The van der Waals surface area contributed by atoms with Crippen LogP contribution in [0.3, 0.4) is 0 Å². The summed E-state index contributed by atoms with van der Waals surface area (Å²) in [7, 11) is 0. The average molecular weight is 253 g/mol. The van der Waals surface area contributed by atoms with Crippen LogP contribution in [0.4, 0.5) is 0 Å². The second-order valence-corrected chi connectivity index (χ2v) is 3.86. The van der Waals surface area contributed by atoms with Gasteiger partial charge in [0.15, 0.2) is 6.04 Å². The van der Waals surface area contributed by atoms with Crippen LogP contribution in [0.25, 0.3) is 0 Å². The van der Waals surface area contributed by atoms with E-state index in [1.54, 1.807) is 18.2 Å². The molecule has 0 aliphatic rings. The van der Waals surface area contributed by atoms with Crippen molar-refractivity contribution in [3.8, 4) is 6.07 Å². The van der Waals surface area contributed by atoms with Gasteiger partial charge in [0.2, 0.25) is 0 Å². The van der Waals surface area contributed by atoms with Crippen LogP contribution in [-0.2, 0) is 0 Å². The third-order valence-corrected chi connectivity index (χ3v) is 2.76. The number of rotatable bonds is 2. The van der Waals surface area contributed by atoms with Crippen molar-refractivity contribution in [3.05, 3.63) is 46.5 Å². The van der Waals surface area contributed by atoms with Crippen molar-refractivity contribution in [2.45, 2.75) is 6.04 Å². The normalized spacial score (nSPS) is 12.1. The summed E-state index contributed by atoms with van der Waals surface area (Å²) in [4.78, 5) is 3.79. The molecule has 1 atom stereocenters. The molecule has 0 fully saturated rings. The lowest BCUT2D eigenvalue weighted by atomic mass is 10.1. The van der Waals surface area contributed by atoms with Gasteiger partial charge >= 0.3 is 0 Å². The molecule has 0 spiro atoms. The van der Waals surface area contributed by atoms with Gasteiger partial charge in [-0.05, 0) is 12.1 Å². The van der Waals surface area contributed by atoms with E-state index in [0.29, 0.717) is 15.6 Å². The molecule has 0 N–H and O–H groups in total. The van der Waals surface area contributed by atoms with Crippen LogP contribution in [0, 0.1) is 11.3 Å². The quantitative estimate of drug-likeness (QED) is 0.826. The second-order valence-electron chi connectivity index (χ2n) is 3.04. The van der Waals surface area contributed by atoms with Gasteiger partial charge in [-0.15, -0.1) is 0 Å². The van der Waals surface area contributed by atoms with Crippen LogP contribution in [0.15, 0.2) is 30.9 Å². The summed E-state index contributed by atoms with van der Waals surface area (Å²) in [6.45, 7) is 0. The van der Waals surface area contributed by atoms with E-state index in [9.17, 15) is 0 Å². The summed E-state index contributed by atoms with van der Waals surface area (Å²) < 4.78 is 1.41. The van der Waals surface area contributed by atoms with Gasteiger partial charge in [0.1, 0.15) is 12.7 Å². The Kier molecular flexibility index (Phi) is 3.09. The molecule has 0 radical (unpaired) electrons. The van der Waals surface area contributed by atoms with Crippen LogP contribution >= 0.6 is 23.2 Å². The molecule has 80 valence electrons. The Hall–Kier alpha value is -1.57. The van der Waals surface area contributed by atoms with Crippen LogP contribution in [0.1, 0.15) is 11.6 Å². The van der Waals surface area contributed by atoms with Crippen molar-refractivity contribution in [1.82, 2.24) is 14.8 Å². The third-order valence-electron chi connectivity index (χ3n) is 2.10. The van der Waals surface area contributed by atoms with E-state index in [1.165, 1.54) is 17.3 Å². The molecule has 4 nitrogen and oxygen atoms in total. The minimum atomic E-state index is -0.663. The van der Waals surface area contributed by atoms with Crippen LogP contribution in [-0.4, -0.2) is 14.8 Å². The minimum Gasteiger partial charge on any atom is -0.231 e. The summed E-state index contributed by atoms with van der Waals surface area (Å²) in [6, 6.07) is 6.53. The molecule has 0 saturated carbocycles. The topological polar surface area (TPSA) is 54.5 Å². The Bertz CT molecular complexity index is 510. The number of hydrogen-bond acceptors (Lipinski definition) is 3. The summed E-state index contributed by atoms with van der Waals surface area (Å²) in [5, 5.41) is 13.9. The average Bonchev–Trinajstić information content (AvgIpc) is 2.77. The molecular weight excluding hydrogens is 247 g/mol. The lowest BCUT2D eigenvalue weighted by Gasteiger charge is -2.12. The fraction of sp³-hybridized carbons (Fsp3) is 0.100. The molecule has 1 aromatic heterocycles. The third kappa shape index (κ3) is 1.87. The Morgan fingerprint density at radius 3 is 2.50 bits per heavy atom. The Balaban J connectivity index is 2.55. The lowest BCUT2D eigenvalue weighted by molar-refractivity contribution is 0.620. The maximum atomic E-state index is 9.14. The predicted octanol–water partition coefficient (Wildman–Crippen LogP) is 2.70. The monoisotopic (exact) mass is 252 g/mol. The lowest BCUT2D eigenvalue weighted by Crippen LogP contribution is -2.10. The number of benzene rings is 1. The maximum absolute atomic E-state index is 9.14. The fourth-order valence-corrected chi connectivity index (χ4v) is 1.98. The van der Waals surface area contributed by atoms with Gasteiger partial charge in [0.05, 0.1) is 6.07 Å². The molecule has 0 amide bonds. The van der Waals surface area contributed by atoms with Gasteiger partial charge in [-0.3, -0.25) is 0 Å². The van der Waals surface area contributed by atoms with Crippen molar-refractivity contribution >= 4 is 23.2 Å². The van der Waals surface area contributed by atoms with Crippen LogP contribution in [0.5, 0.6) is 0 Å². The first-order chi connectivity index (χ1) is 7.74. The minimum absolute atomic E-state index is 0.439. The molecular formula is C10H6Cl2N4. The first-order valence-corrected chi connectivity index (χ1v) is 5.17. The SMILES string of the molecule is N#C[C@@H](c1c(Cl)cccc1Cl)n1cncn1.